The molecule has 5 heteroatoms. The highest BCUT2D eigenvalue weighted by molar-refractivity contribution is 5.94. The van der Waals surface area contributed by atoms with E-state index in [0.29, 0.717) is 18.7 Å². The quantitative estimate of drug-likeness (QED) is 0.836. The lowest BCUT2D eigenvalue weighted by Crippen LogP contribution is -2.40. The molecule has 26 heavy (non-hydrogen) atoms. The molecule has 0 aromatic heterocycles. The zero-order valence-corrected chi connectivity index (χ0v) is 15.3. The topological polar surface area (TPSA) is 67.6 Å². The Kier molecular flexibility index (Phi) is 6.39. The summed E-state index contributed by atoms with van der Waals surface area (Å²) in [7, 11) is 0. The number of carbonyl (C=O) groups excluding carboxylic acids is 1. The summed E-state index contributed by atoms with van der Waals surface area (Å²) in [5, 5.41) is 2.99. The van der Waals surface area contributed by atoms with Gasteiger partial charge in [-0.3, -0.25) is 9.69 Å². The first-order valence-corrected chi connectivity index (χ1v) is 9.13. The minimum atomic E-state index is -0.0685. The van der Waals surface area contributed by atoms with E-state index in [9.17, 15) is 4.79 Å². The Morgan fingerprint density at radius 3 is 2.69 bits per heavy atom. The van der Waals surface area contributed by atoms with Crippen molar-refractivity contribution in [1.29, 1.82) is 0 Å². The predicted octanol–water partition coefficient (Wildman–Crippen LogP) is 2.30. The number of hydrogen-bond donors (Lipinski definition) is 2. The Morgan fingerprint density at radius 1 is 1.19 bits per heavy atom. The van der Waals surface area contributed by atoms with Crippen LogP contribution in [0.15, 0.2) is 48.5 Å². The number of rotatable bonds is 6. The van der Waals surface area contributed by atoms with Gasteiger partial charge in [-0.05, 0) is 35.7 Å². The minimum Gasteiger partial charge on any atom is -0.376 e. The average molecular weight is 353 g/mol. The second-order valence-electron chi connectivity index (χ2n) is 6.82. The predicted molar refractivity (Wildman–Crippen MR) is 103 cm³/mol. The van der Waals surface area contributed by atoms with Gasteiger partial charge in [0.25, 0.3) is 5.91 Å². The van der Waals surface area contributed by atoms with Gasteiger partial charge in [-0.2, -0.15) is 0 Å². The molecule has 0 aliphatic carbocycles. The van der Waals surface area contributed by atoms with Crippen LogP contribution >= 0.6 is 0 Å². The van der Waals surface area contributed by atoms with Crippen molar-refractivity contribution < 1.29 is 9.53 Å². The molecule has 1 saturated heterocycles. The standard InChI is InChI=1S/C21H27N3O2/c1-16-14-24(9-10-26-16)15-19-4-2-3-18(11-19)13-23-21(25)20-7-5-17(12-22)6-8-20/h2-8,11,16H,9-10,12-15,22H2,1H3,(H,23,25). The van der Waals surface area contributed by atoms with Gasteiger partial charge in [0, 0.05) is 38.3 Å². The third-order valence-corrected chi connectivity index (χ3v) is 4.63. The number of nitrogens with one attached hydrogen (secondary N) is 1. The number of morpholine rings is 1. The van der Waals surface area contributed by atoms with Gasteiger partial charge >= 0.3 is 0 Å². The molecule has 1 atom stereocenters. The fraction of sp³-hybridized carbons (Fsp3) is 0.381. The summed E-state index contributed by atoms with van der Waals surface area (Å²) in [6, 6.07) is 15.8. The minimum absolute atomic E-state index is 0.0685. The van der Waals surface area contributed by atoms with Gasteiger partial charge in [0.05, 0.1) is 12.7 Å². The van der Waals surface area contributed by atoms with Crippen LogP contribution in [0, 0.1) is 0 Å². The Morgan fingerprint density at radius 2 is 1.96 bits per heavy atom. The molecular weight excluding hydrogens is 326 g/mol. The van der Waals surface area contributed by atoms with Crippen molar-refractivity contribution in [3.63, 3.8) is 0 Å². The lowest BCUT2D eigenvalue weighted by molar-refractivity contribution is -0.0212. The van der Waals surface area contributed by atoms with Crippen LogP contribution in [-0.2, 0) is 24.4 Å². The molecule has 3 N–H and O–H groups in total. The summed E-state index contributed by atoms with van der Waals surface area (Å²) in [6.45, 7) is 6.74. The monoisotopic (exact) mass is 353 g/mol. The summed E-state index contributed by atoms with van der Waals surface area (Å²) in [6.07, 6.45) is 0.289. The van der Waals surface area contributed by atoms with Gasteiger partial charge in [0.15, 0.2) is 0 Å². The van der Waals surface area contributed by atoms with Crippen LogP contribution in [0.4, 0.5) is 0 Å². The Labute approximate surface area is 155 Å². The van der Waals surface area contributed by atoms with Crippen LogP contribution in [0.1, 0.15) is 34.0 Å². The van der Waals surface area contributed by atoms with Gasteiger partial charge in [-0.25, -0.2) is 0 Å². The molecule has 2 aromatic carbocycles. The fourth-order valence-electron chi connectivity index (χ4n) is 3.21. The van der Waals surface area contributed by atoms with Crippen molar-refractivity contribution in [3.8, 4) is 0 Å². The highest BCUT2D eigenvalue weighted by atomic mass is 16.5. The number of amides is 1. The van der Waals surface area contributed by atoms with Gasteiger partial charge in [0.2, 0.25) is 0 Å². The van der Waals surface area contributed by atoms with E-state index in [2.05, 4.69) is 35.3 Å². The second kappa shape index (κ2) is 8.94. The van der Waals surface area contributed by atoms with Crippen LogP contribution in [0.25, 0.3) is 0 Å². The lowest BCUT2D eigenvalue weighted by Gasteiger charge is -2.31. The van der Waals surface area contributed by atoms with Gasteiger partial charge in [-0.15, -0.1) is 0 Å². The first-order chi connectivity index (χ1) is 12.6. The summed E-state index contributed by atoms with van der Waals surface area (Å²) in [4.78, 5) is 14.7. The smallest absolute Gasteiger partial charge is 0.251 e. The maximum Gasteiger partial charge on any atom is 0.251 e. The summed E-state index contributed by atoms with van der Waals surface area (Å²) in [5.41, 5.74) is 9.63. The number of hydrogen-bond acceptors (Lipinski definition) is 4. The molecule has 0 bridgehead atoms. The second-order valence-corrected chi connectivity index (χ2v) is 6.82. The van der Waals surface area contributed by atoms with E-state index in [1.807, 2.05) is 30.3 Å². The molecule has 0 saturated carbocycles. The van der Waals surface area contributed by atoms with E-state index in [1.165, 1.54) is 5.56 Å². The Bertz CT molecular complexity index is 730. The third kappa shape index (κ3) is 5.14. The number of benzene rings is 2. The van der Waals surface area contributed by atoms with Crippen molar-refractivity contribution in [2.24, 2.45) is 5.73 Å². The zero-order valence-electron chi connectivity index (χ0n) is 15.3. The van der Waals surface area contributed by atoms with Gasteiger partial charge in [0.1, 0.15) is 0 Å². The third-order valence-electron chi connectivity index (χ3n) is 4.63. The van der Waals surface area contributed by atoms with Crippen LogP contribution in [0.2, 0.25) is 0 Å². The van der Waals surface area contributed by atoms with E-state index in [-0.39, 0.29) is 12.0 Å². The molecule has 1 aliphatic rings. The maximum absolute atomic E-state index is 12.3. The van der Waals surface area contributed by atoms with Crippen molar-refractivity contribution in [2.45, 2.75) is 32.7 Å². The summed E-state index contributed by atoms with van der Waals surface area (Å²) >= 11 is 0. The molecule has 0 radical (unpaired) electrons. The van der Waals surface area contributed by atoms with E-state index >= 15 is 0 Å². The highest BCUT2D eigenvalue weighted by Gasteiger charge is 2.16. The fourth-order valence-corrected chi connectivity index (χ4v) is 3.21. The van der Waals surface area contributed by atoms with Crippen LogP contribution in [0.3, 0.4) is 0 Å². The van der Waals surface area contributed by atoms with Crippen LogP contribution in [-0.4, -0.2) is 36.6 Å². The number of nitrogens with two attached hydrogens (primary N) is 1. The largest absolute Gasteiger partial charge is 0.376 e. The van der Waals surface area contributed by atoms with Crippen LogP contribution < -0.4 is 11.1 Å². The molecule has 5 nitrogen and oxygen atoms in total. The van der Waals surface area contributed by atoms with Crippen molar-refractivity contribution in [2.75, 3.05) is 19.7 Å². The molecule has 3 rings (SSSR count). The summed E-state index contributed by atoms with van der Waals surface area (Å²) in [5.74, 6) is -0.0685. The molecule has 0 spiro atoms. The summed E-state index contributed by atoms with van der Waals surface area (Å²) < 4.78 is 5.59. The lowest BCUT2D eigenvalue weighted by atomic mass is 10.1. The number of ether oxygens (including phenoxy) is 1. The molecule has 1 unspecified atom stereocenters. The van der Waals surface area contributed by atoms with Gasteiger partial charge < -0.3 is 15.8 Å². The SMILES string of the molecule is CC1CN(Cc2cccc(CNC(=O)c3ccc(CN)cc3)c2)CCO1. The first kappa shape index (κ1) is 18.6. The average Bonchev–Trinajstić information content (AvgIpc) is 2.66. The molecule has 138 valence electrons. The normalized spacial score (nSPS) is 17.8. The van der Waals surface area contributed by atoms with E-state index in [1.54, 1.807) is 0 Å². The first-order valence-electron chi connectivity index (χ1n) is 9.13. The Balaban J connectivity index is 1.55. The van der Waals surface area contributed by atoms with E-state index < -0.39 is 0 Å². The molecule has 2 aromatic rings. The van der Waals surface area contributed by atoms with Gasteiger partial charge in [-0.1, -0.05) is 36.4 Å². The molecule has 1 aliphatic heterocycles. The van der Waals surface area contributed by atoms with Crippen molar-refractivity contribution in [1.82, 2.24) is 10.2 Å². The van der Waals surface area contributed by atoms with Crippen molar-refractivity contribution >= 4 is 5.91 Å². The maximum atomic E-state index is 12.3. The molecule has 1 fully saturated rings. The molecule has 1 amide bonds. The van der Waals surface area contributed by atoms with Crippen molar-refractivity contribution in [3.05, 3.63) is 70.8 Å². The highest BCUT2D eigenvalue weighted by Crippen LogP contribution is 2.12. The zero-order chi connectivity index (χ0) is 18.4. The molecular formula is C21H27N3O2. The number of carbonyl (C=O) groups is 1. The van der Waals surface area contributed by atoms with E-state index in [4.69, 9.17) is 10.5 Å². The van der Waals surface area contributed by atoms with Crippen LogP contribution in [0.5, 0.6) is 0 Å². The number of nitrogens with zero attached hydrogens (tertiary/aromatic N) is 1. The Hall–Kier alpha value is -2.21. The van der Waals surface area contributed by atoms with E-state index in [0.717, 1.165) is 37.4 Å². The molecule has 1 heterocycles.